The van der Waals surface area contributed by atoms with Gasteiger partial charge in [0.15, 0.2) is 0 Å². The summed E-state index contributed by atoms with van der Waals surface area (Å²) in [6.07, 6.45) is -4.35. The van der Waals surface area contributed by atoms with E-state index in [1.54, 1.807) is 0 Å². The Bertz CT molecular complexity index is 446. The van der Waals surface area contributed by atoms with E-state index in [4.69, 9.17) is 0 Å². The molecule has 1 aliphatic heterocycles. The van der Waals surface area contributed by atoms with Crippen LogP contribution in [-0.2, 0) is 19.3 Å². The van der Waals surface area contributed by atoms with E-state index in [9.17, 15) is 18.3 Å². The number of nitrogens with zero attached hydrogens (tertiary/aromatic N) is 4. The lowest BCUT2D eigenvalue weighted by molar-refractivity contribution is -0.148. The minimum absolute atomic E-state index is 0.107. The number of halogens is 3. The highest BCUT2D eigenvalue weighted by atomic mass is 19.4. The van der Waals surface area contributed by atoms with Crippen molar-refractivity contribution < 1.29 is 18.3 Å². The number of aromatic nitrogens is 3. The summed E-state index contributed by atoms with van der Waals surface area (Å²) in [4.78, 5) is 1.93. The molecule has 2 atom stereocenters. The van der Waals surface area contributed by atoms with E-state index in [0.29, 0.717) is 18.8 Å². The smallest absolute Gasteiger partial charge is 0.392 e. The van der Waals surface area contributed by atoms with Crippen molar-refractivity contribution in [3.8, 4) is 0 Å². The predicted molar refractivity (Wildman–Crippen MR) is 61.2 cm³/mol. The van der Waals surface area contributed by atoms with Gasteiger partial charge in [0.05, 0.1) is 12.6 Å². The molecule has 0 saturated carbocycles. The largest absolute Gasteiger partial charge is 0.451 e. The molecule has 0 aromatic carbocycles. The molecule has 8 heteroatoms. The van der Waals surface area contributed by atoms with Crippen LogP contribution in [0.15, 0.2) is 0 Å². The minimum atomic E-state index is -4.47. The van der Waals surface area contributed by atoms with Gasteiger partial charge in [-0.3, -0.25) is 4.90 Å². The fraction of sp³-hybridized carbons (Fsp3) is 0.818. The molecule has 0 saturated heterocycles. The fourth-order valence-electron chi connectivity index (χ4n) is 2.32. The van der Waals surface area contributed by atoms with Crippen molar-refractivity contribution >= 4 is 0 Å². The lowest BCUT2D eigenvalue weighted by Crippen LogP contribution is -2.45. The van der Waals surface area contributed by atoms with Gasteiger partial charge in [-0.1, -0.05) is 6.92 Å². The van der Waals surface area contributed by atoms with E-state index < -0.39 is 18.1 Å². The van der Waals surface area contributed by atoms with Crippen LogP contribution in [0.25, 0.3) is 0 Å². The second-order valence-corrected chi connectivity index (χ2v) is 4.78. The monoisotopic (exact) mass is 278 g/mol. The van der Waals surface area contributed by atoms with Crippen molar-refractivity contribution in [1.29, 1.82) is 0 Å². The lowest BCUT2D eigenvalue weighted by atomic mass is 10.1. The van der Waals surface area contributed by atoms with Crippen LogP contribution in [0.1, 0.15) is 31.9 Å². The van der Waals surface area contributed by atoms with Crippen LogP contribution in [0.4, 0.5) is 13.2 Å². The first-order valence-electron chi connectivity index (χ1n) is 6.26. The van der Waals surface area contributed by atoms with E-state index in [0.717, 1.165) is 4.57 Å². The van der Waals surface area contributed by atoms with Crippen molar-refractivity contribution in [3.05, 3.63) is 11.6 Å². The van der Waals surface area contributed by atoms with Crippen LogP contribution in [-0.4, -0.2) is 43.5 Å². The maximum Gasteiger partial charge on any atom is 0.451 e. The molecule has 0 radical (unpaired) electrons. The number of aliphatic hydroxyl groups excluding tert-OH is 1. The fourth-order valence-corrected chi connectivity index (χ4v) is 2.32. The summed E-state index contributed by atoms with van der Waals surface area (Å²) in [6, 6.07) is -0.107. The molecule has 2 rings (SSSR count). The topological polar surface area (TPSA) is 54.2 Å². The third-order valence-electron chi connectivity index (χ3n) is 3.59. The molecular weight excluding hydrogens is 261 g/mol. The molecule has 1 aliphatic rings. The summed E-state index contributed by atoms with van der Waals surface area (Å²) in [6.45, 7) is 4.66. The van der Waals surface area contributed by atoms with Crippen LogP contribution in [0.3, 0.4) is 0 Å². The molecule has 1 N–H and O–H groups in total. The second kappa shape index (κ2) is 5.09. The molecule has 0 bridgehead atoms. The Kier molecular flexibility index (Phi) is 3.82. The lowest BCUT2D eigenvalue weighted by Gasteiger charge is -2.34. The highest BCUT2D eigenvalue weighted by Crippen LogP contribution is 2.29. The second-order valence-electron chi connectivity index (χ2n) is 4.78. The van der Waals surface area contributed by atoms with Crippen LogP contribution in [0, 0.1) is 0 Å². The van der Waals surface area contributed by atoms with Crippen LogP contribution in [0.5, 0.6) is 0 Å². The van der Waals surface area contributed by atoms with Gasteiger partial charge in [0, 0.05) is 19.1 Å². The Hall–Kier alpha value is -1.15. The van der Waals surface area contributed by atoms with Crippen molar-refractivity contribution in [1.82, 2.24) is 19.7 Å². The third kappa shape index (κ3) is 2.74. The number of aliphatic hydroxyl groups is 1. The molecule has 2 heterocycles. The summed E-state index contributed by atoms with van der Waals surface area (Å²) in [5.41, 5.74) is 0. The van der Waals surface area contributed by atoms with Crippen LogP contribution in [0.2, 0.25) is 0 Å². The van der Waals surface area contributed by atoms with Gasteiger partial charge < -0.3 is 9.67 Å². The molecule has 2 unspecified atom stereocenters. The molecule has 0 spiro atoms. The standard InChI is InChI=1S/C11H17F3N4O/c1-3-8(19)7(2)17-4-5-18-9(6-17)15-16-10(18)11(12,13)14/h7-8,19H,3-6H2,1-2H3. The van der Waals surface area contributed by atoms with E-state index in [1.807, 2.05) is 18.7 Å². The maximum atomic E-state index is 12.7. The Morgan fingerprint density at radius 1 is 1.32 bits per heavy atom. The van der Waals surface area contributed by atoms with E-state index in [2.05, 4.69) is 10.2 Å². The average Bonchev–Trinajstić information content (AvgIpc) is 2.79. The van der Waals surface area contributed by atoms with Crippen LogP contribution >= 0.6 is 0 Å². The van der Waals surface area contributed by atoms with Crippen molar-refractivity contribution in [2.24, 2.45) is 0 Å². The first-order valence-corrected chi connectivity index (χ1v) is 6.26. The van der Waals surface area contributed by atoms with Gasteiger partial charge in [-0.15, -0.1) is 10.2 Å². The Balaban J connectivity index is 2.16. The maximum absolute atomic E-state index is 12.7. The SMILES string of the molecule is CCC(O)C(C)N1CCn2c(nnc2C(F)(F)F)C1. The zero-order valence-corrected chi connectivity index (χ0v) is 10.9. The molecule has 0 amide bonds. The highest BCUT2D eigenvalue weighted by molar-refractivity contribution is 5.02. The number of fused-ring (bicyclic) bond motifs is 1. The normalized spacial score (nSPS) is 20.1. The van der Waals surface area contributed by atoms with Gasteiger partial charge >= 0.3 is 6.18 Å². The number of hydrogen-bond donors (Lipinski definition) is 1. The number of hydrogen-bond acceptors (Lipinski definition) is 4. The van der Waals surface area contributed by atoms with Gasteiger partial charge in [-0.05, 0) is 13.3 Å². The van der Waals surface area contributed by atoms with E-state index in [1.165, 1.54) is 0 Å². The number of alkyl halides is 3. The highest BCUT2D eigenvalue weighted by Gasteiger charge is 2.40. The van der Waals surface area contributed by atoms with Gasteiger partial charge in [0.1, 0.15) is 5.82 Å². The molecule has 0 aliphatic carbocycles. The zero-order valence-electron chi connectivity index (χ0n) is 10.9. The first-order chi connectivity index (χ1) is 8.84. The van der Waals surface area contributed by atoms with Crippen molar-refractivity contribution in [2.45, 2.75) is 51.7 Å². The molecule has 5 nitrogen and oxygen atoms in total. The molecule has 0 fully saturated rings. The molecule has 1 aromatic rings. The summed E-state index contributed by atoms with van der Waals surface area (Å²) in [5.74, 6) is -0.639. The summed E-state index contributed by atoms with van der Waals surface area (Å²) >= 11 is 0. The number of rotatable bonds is 3. The summed E-state index contributed by atoms with van der Waals surface area (Å²) in [5, 5.41) is 16.6. The predicted octanol–water partition coefficient (Wildman–Crippen LogP) is 1.27. The van der Waals surface area contributed by atoms with Crippen molar-refractivity contribution in [2.75, 3.05) is 6.54 Å². The van der Waals surface area contributed by atoms with Crippen LogP contribution < -0.4 is 0 Å². The van der Waals surface area contributed by atoms with Gasteiger partial charge in [0.2, 0.25) is 5.82 Å². The average molecular weight is 278 g/mol. The van der Waals surface area contributed by atoms with Crippen molar-refractivity contribution in [3.63, 3.8) is 0 Å². The molecule has 1 aromatic heterocycles. The zero-order chi connectivity index (χ0) is 14.2. The Labute approximate surface area is 109 Å². The van der Waals surface area contributed by atoms with Gasteiger partial charge in [-0.2, -0.15) is 13.2 Å². The minimum Gasteiger partial charge on any atom is -0.392 e. The summed E-state index contributed by atoms with van der Waals surface area (Å²) in [7, 11) is 0. The van der Waals surface area contributed by atoms with Gasteiger partial charge in [-0.25, -0.2) is 0 Å². The quantitative estimate of drug-likeness (QED) is 0.904. The Morgan fingerprint density at radius 3 is 2.58 bits per heavy atom. The first kappa shape index (κ1) is 14.3. The molecule has 19 heavy (non-hydrogen) atoms. The third-order valence-corrected chi connectivity index (χ3v) is 3.59. The van der Waals surface area contributed by atoms with E-state index in [-0.39, 0.29) is 19.1 Å². The van der Waals surface area contributed by atoms with Gasteiger partial charge in [0.25, 0.3) is 0 Å². The van der Waals surface area contributed by atoms with E-state index >= 15 is 0 Å². The molecular formula is C11H17F3N4O. The Morgan fingerprint density at radius 2 is 2.00 bits per heavy atom. The molecule has 108 valence electrons. The summed E-state index contributed by atoms with van der Waals surface area (Å²) < 4.78 is 39.1.